The Kier molecular flexibility index (Phi) is 6.17. The number of hydrogen-bond donors (Lipinski definition) is 1. The topological polar surface area (TPSA) is 77.8 Å². The Balaban J connectivity index is 1.45. The van der Waals surface area contributed by atoms with Gasteiger partial charge in [0.15, 0.2) is 6.61 Å². The van der Waals surface area contributed by atoms with Crippen LogP contribution in [0.4, 0.5) is 10.1 Å². The molecule has 0 spiro atoms. The fourth-order valence-corrected chi connectivity index (χ4v) is 3.07. The molecule has 0 aliphatic carbocycles. The second-order valence-corrected chi connectivity index (χ2v) is 7.00. The van der Waals surface area contributed by atoms with Crippen LogP contribution in [0.2, 0.25) is 0 Å². The van der Waals surface area contributed by atoms with Crippen molar-refractivity contribution >= 4 is 22.6 Å². The lowest BCUT2D eigenvalue weighted by atomic mass is 10.2. The number of aryl methyl sites for hydroxylation is 1. The van der Waals surface area contributed by atoms with Gasteiger partial charge in [-0.05, 0) is 48.4 Å². The van der Waals surface area contributed by atoms with Crippen molar-refractivity contribution in [1.82, 2.24) is 0 Å². The number of hydrogen-bond acceptors (Lipinski definition) is 5. The number of fused-ring (bicyclic) bond motifs is 1. The number of anilines is 1. The van der Waals surface area contributed by atoms with E-state index in [2.05, 4.69) is 12.2 Å². The van der Waals surface area contributed by atoms with Crippen molar-refractivity contribution in [3.63, 3.8) is 0 Å². The minimum absolute atomic E-state index is 0.0692. The van der Waals surface area contributed by atoms with Gasteiger partial charge in [-0.25, -0.2) is 4.39 Å². The fourth-order valence-electron chi connectivity index (χ4n) is 3.07. The average Bonchev–Trinajstić information content (AvgIpc) is 2.81. The number of nitrogens with one attached hydrogen (secondary N) is 1. The van der Waals surface area contributed by atoms with Crippen molar-refractivity contribution in [3.8, 4) is 17.2 Å². The highest BCUT2D eigenvalue weighted by atomic mass is 19.1. The molecule has 0 unspecified atom stereocenters. The number of para-hydroxylation sites is 1. The molecule has 0 aliphatic heterocycles. The zero-order valence-electron chi connectivity index (χ0n) is 17.3. The summed E-state index contributed by atoms with van der Waals surface area (Å²) in [7, 11) is 0. The molecule has 32 heavy (non-hydrogen) atoms. The lowest BCUT2D eigenvalue weighted by molar-refractivity contribution is -0.118. The second-order valence-electron chi connectivity index (χ2n) is 7.00. The maximum Gasteiger partial charge on any atom is 0.262 e. The molecule has 4 rings (SSSR count). The van der Waals surface area contributed by atoms with Gasteiger partial charge in [-0.3, -0.25) is 9.59 Å². The third kappa shape index (κ3) is 4.78. The Bertz CT molecular complexity index is 1310. The predicted octanol–water partition coefficient (Wildman–Crippen LogP) is 5.30. The number of carbonyl (C=O) groups is 1. The normalized spacial score (nSPS) is 10.7. The van der Waals surface area contributed by atoms with Gasteiger partial charge in [0.1, 0.15) is 29.2 Å². The summed E-state index contributed by atoms with van der Waals surface area (Å²) in [6.45, 7) is 1.72. The summed E-state index contributed by atoms with van der Waals surface area (Å²) in [6.07, 6.45) is 2.15. The largest absolute Gasteiger partial charge is 0.484 e. The zero-order chi connectivity index (χ0) is 22.5. The smallest absolute Gasteiger partial charge is 0.262 e. The minimum Gasteiger partial charge on any atom is -0.484 e. The molecule has 7 heteroatoms. The van der Waals surface area contributed by atoms with Crippen LogP contribution in [0.15, 0.2) is 82.2 Å². The third-order valence-electron chi connectivity index (χ3n) is 4.79. The van der Waals surface area contributed by atoms with E-state index in [0.29, 0.717) is 16.9 Å². The number of halogens is 1. The van der Waals surface area contributed by atoms with Crippen LogP contribution in [0.1, 0.15) is 12.5 Å². The van der Waals surface area contributed by atoms with Crippen molar-refractivity contribution in [3.05, 3.63) is 94.6 Å². The molecule has 6 nitrogen and oxygen atoms in total. The van der Waals surface area contributed by atoms with Crippen LogP contribution in [-0.2, 0) is 11.2 Å². The number of rotatable bonds is 7. The summed E-state index contributed by atoms with van der Waals surface area (Å²) in [5.41, 5.74) is 1.20. The standard InChI is InChI=1S/C25H20FNO5/c1-2-16-7-9-17(10-8-16)32-23-14-31-22-13-18(11-12-19(22)25(23)29)30-15-24(28)27-21-6-4-3-5-20(21)26/h3-14H,2,15H2,1H3,(H,27,28). The SMILES string of the molecule is CCc1ccc(Oc2coc3cc(OCC(=O)Nc4ccccc4F)ccc3c2=O)cc1. The molecule has 1 aromatic heterocycles. The molecule has 3 aromatic carbocycles. The molecule has 1 N–H and O–H groups in total. The first-order valence-electron chi connectivity index (χ1n) is 10.0. The molecular formula is C25H20FNO5. The summed E-state index contributed by atoms with van der Waals surface area (Å²) in [5, 5.41) is 2.75. The van der Waals surface area contributed by atoms with Crippen molar-refractivity contribution < 1.29 is 23.1 Å². The molecule has 4 aromatic rings. The van der Waals surface area contributed by atoms with Gasteiger partial charge in [0.05, 0.1) is 11.1 Å². The van der Waals surface area contributed by atoms with Crippen LogP contribution < -0.4 is 20.2 Å². The number of ether oxygens (including phenoxy) is 2. The number of benzene rings is 3. The van der Waals surface area contributed by atoms with E-state index in [9.17, 15) is 14.0 Å². The molecule has 1 amide bonds. The zero-order valence-corrected chi connectivity index (χ0v) is 17.3. The van der Waals surface area contributed by atoms with Crippen LogP contribution in [0.5, 0.6) is 17.2 Å². The van der Waals surface area contributed by atoms with Crippen LogP contribution in [0.3, 0.4) is 0 Å². The first-order chi connectivity index (χ1) is 15.5. The first kappa shape index (κ1) is 21.1. The Morgan fingerprint density at radius 3 is 2.53 bits per heavy atom. The summed E-state index contributed by atoms with van der Waals surface area (Å²) in [4.78, 5) is 24.8. The Hall–Kier alpha value is -4.13. The van der Waals surface area contributed by atoms with E-state index in [0.717, 1.165) is 12.0 Å². The highest BCUT2D eigenvalue weighted by molar-refractivity contribution is 5.92. The van der Waals surface area contributed by atoms with Gasteiger partial charge >= 0.3 is 0 Å². The van der Waals surface area contributed by atoms with E-state index in [-0.39, 0.29) is 29.1 Å². The molecule has 0 bridgehead atoms. The molecule has 0 saturated heterocycles. The number of carbonyl (C=O) groups excluding carboxylic acids is 1. The molecule has 0 saturated carbocycles. The van der Waals surface area contributed by atoms with E-state index >= 15 is 0 Å². The van der Waals surface area contributed by atoms with Crippen molar-refractivity contribution in [2.45, 2.75) is 13.3 Å². The lowest BCUT2D eigenvalue weighted by Crippen LogP contribution is -2.20. The highest BCUT2D eigenvalue weighted by Gasteiger charge is 2.12. The Labute approximate surface area is 183 Å². The third-order valence-corrected chi connectivity index (χ3v) is 4.79. The van der Waals surface area contributed by atoms with E-state index in [1.807, 2.05) is 12.1 Å². The predicted molar refractivity (Wildman–Crippen MR) is 119 cm³/mol. The molecule has 162 valence electrons. The minimum atomic E-state index is -0.535. The lowest BCUT2D eigenvalue weighted by Gasteiger charge is -2.09. The van der Waals surface area contributed by atoms with Gasteiger partial charge in [0, 0.05) is 6.07 Å². The molecular weight excluding hydrogens is 413 g/mol. The summed E-state index contributed by atoms with van der Waals surface area (Å²) < 4.78 is 30.3. The Morgan fingerprint density at radius 1 is 1.03 bits per heavy atom. The van der Waals surface area contributed by atoms with E-state index in [1.165, 1.54) is 36.6 Å². The molecule has 0 aliphatic rings. The van der Waals surface area contributed by atoms with Crippen molar-refractivity contribution in [2.24, 2.45) is 0 Å². The number of amides is 1. The summed E-state index contributed by atoms with van der Waals surface area (Å²) in [5.74, 6) is -0.121. The van der Waals surface area contributed by atoms with E-state index < -0.39 is 11.7 Å². The van der Waals surface area contributed by atoms with Crippen LogP contribution in [-0.4, -0.2) is 12.5 Å². The van der Waals surface area contributed by atoms with Gasteiger partial charge < -0.3 is 19.2 Å². The highest BCUT2D eigenvalue weighted by Crippen LogP contribution is 2.24. The average molecular weight is 433 g/mol. The van der Waals surface area contributed by atoms with E-state index in [1.54, 1.807) is 24.3 Å². The maximum absolute atomic E-state index is 13.6. The monoisotopic (exact) mass is 433 g/mol. The molecule has 1 heterocycles. The summed E-state index contributed by atoms with van der Waals surface area (Å²) in [6, 6.07) is 17.9. The second kappa shape index (κ2) is 9.34. The maximum atomic E-state index is 13.6. The van der Waals surface area contributed by atoms with Gasteiger partial charge in [0.25, 0.3) is 5.91 Å². The van der Waals surface area contributed by atoms with Crippen LogP contribution in [0, 0.1) is 5.82 Å². The molecule has 0 fully saturated rings. The van der Waals surface area contributed by atoms with Gasteiger partial charge in [-0.1, -0.05) is 31.2 Å². The Morgan fingerprint density at radius 2 is 1.78 bits per heavy atom. The van der Waals surface area contributed by atoms with E-state index in [4.69, 9.17) is 13.9 Å². The van der Waals surface area contributed by atoms with Crippen molar-refractivity contribution in [1.29, 1.82) is 0 Å². The molecule has 0 atom stereocenters. The van der Waals surface area contributed by atoms with Gasteiger partial charge in [-0.15, -0.1) is 0 Å². The fraction of sp³-hybridized carbons (Fsp3) is 0.120. The van der Waals surface area contributed by atoms with Gasteiger partial charge in [0.2, 0.25) is 11.2 Å². The van der Waals surface area contributed by atoms with Gasteiger partial charge in [-0.2, -0.15) is 0 Å². The van der Waals surface area contributed by atoms with Crippen molar-refractivity contribution in [2.75, 3.05) is 11.9 Å². The first-order valence-corrected chi connectivity index (χ1v) is 10.0. The van der Waals surface area contributed by atoms with Crippen LogP contribution in [0.25, 0.3) is 11.0 Å². The van der Waals surface area contributed by atoms with Crippen LogP contribution >= 0.6 is 0 Å². The molecule has 0 radical (unpaired) electrons. The summed E-state index contributed by atoms with van der Waals surface area (Å²) >= 11 is 0. The quantitative estimate of drug-likeness (QED) is 0.428.